The molecule has 8 nitrogen and oxygen atoms in total. The molecule has 0 heterocycles. The molecule has 0 aliphatic heterocycles. The highest BCUT2D eigenvalue weighted by Crippen LogP contribution is 2.39. The van der Waals surface area contributed by atoms with Gasteiger partial charge in [0.05, 0.1) is 12.3 Å². The minimum Gasteiger partial charge on any atom is -0.460 e. The zero-order valence-electron chi connectivity index (χ0n) is 24.7. The van der Waals surface area contributed by atoms with E-state index in [-0.39, 0.29) is 19.4 Å². The lowest BCUT2D eigenvalue weighted by molar-refractivity contribution is -0.158. The van der Waals surface area contributed by atoms with Crippen molar-refractivity contribution in [3.8, 4) is 0 Å². The van der Waals surface area contributed by atoms with E-state index in [0.717, 1.165) is 23.1 Å². The highest BCUT2D eigenvalue weighted by atomic mass is 16.7. The first-order chi connectivity index (χ1) is 20.2. The Hall–Kier alpha value is -4.01. The minimum absolute atomic E-state index is 0.0891. The van der Waals surface area contributed by atoms with Gasteiger partial charge in [-0.15, -0.1) is 0 Å². The molecule has 0 bridgehead atoms. The SMILES string of the molecule is CC(C)(C)OC(=O)CC(CC(=O)NOC(c1ccccc1)(c1ccccc1)c1ccccc1)C(=O)NCCCCCO. The number of unbranched alkanes of at least 4 members (excludes halogenated alkanes) is 2. The van der Waals surface area contributed by atoms with Gasteiger partial charge in [-0.2, -0.15) is 0 Å². The van der Waals surface area contributed by atoms with Crippen LogP contribution in [0.2, 0.25) is 0 Å². The van der Waals surface area contributed by atoms with Crippen molar-refractivity contribution in [1.29, 1.82) is 0 Å². The third-order valence-electron chi connectivity index (χ3n) is 6.63. The Kier molecular flexibility index (Phi) is 12.3. The second-order valence-corrected chi connectivity index (χ2v) is 11.2. The maximum absolute atomic E-state index is 13.4. The summed E-state index contributed by atoms with van der Waals surface area (Å²) in [5, 5.41) is 11.8. The smallest absolute Gasteiger partial charge is 0.307 e. The van der Waals surface area contributed by atoms with Crippen LogP contribution in [-0.2, 0) is 29.6 Å². The molecule has 224 valence electrons. The van der Waals surface area contributed by atoms with Gasteiger partial charge in [-0.25, -0.2) is 5.48 Å². The summed E-state index contributed by atoms with van der Waals surface area (Å²) in [6, 6.07) is 28.8. The third-order valence-corrected chi connectivity index (χ3v) is 6.63. The zero-order valence-corrected chi connectivity index (χ0v) is 24.7. The number of carbonyl (C=O) groups is 3. The van der Waals surface area contributed by atoms with Crippen molar-refractivity contribution in [3.63, 3.8) is 0 Å². The van der Waals surface area contributed by atoms with Crippen molar-refractivity contribution in [2.24, 2.45) is 5.92 Å². The topological polar surface area (TPSA) is 114 Å². The van der Waals surface area contributed by atoms with Crippen molar-refractivity contribution < 1.29 is 29.1 Å². The number of hydrogen-bond acceptors (Lipinski definition) is 6. The number of aliphatic hydroxyl groups excluding tert-OH is 1. The van der Waals surface area contributed by atoms with Crippen molar-refractivity contribution >= 4 is 17.8 Å². The summed E-state index contributed by atoms with van der Waals surface area (Å²) in [4.78, 5) is 45.5. The summed E-state index contributed by atoms with van der Waals surface area (Å²) in [5.74, 6) is -2.49. The minimum atomic E-state index is -1.19. The van der Waals surface area contributed by atoms with Crippen LogP contribution in [0, 0.1) is 5.92 Å². The van der Waals surface area contributed by atoms with Gasteiger partial charge in [0.25, 0.3) is 0 Å². The predicted octanol–water partition coefficient (Wildman–Crippen LogP) is 5.04. The van der Waals surface area contributed by atoms with E-state index in [1.54, 1.807) is 20.8 Å². The van der Waals surface area contributed by atoms with Crippen LogP contribution in [0.5, 0.6) is 0 Å². The standard InChI is InChI=1S/C34H42N2O6/c1-33(2,3)41-31(39)25-26(32(40)35-22-14-7-15-23-37)24-30(38)36-42-34(27-16-8-4-9-17-27,28-18-10-5-11-19-28)29-20-12-6-13-21-29/h4-6,8-13,16-21,26,37H,7,14-15,22-25H2,1-3H3,(H,35,40)(H,36,38). The van der Waals surface area contributed by atoms with Crippen molar-refractivity contribution in [1.82, 2.24) is 10.8 Å². The normalized spacial score (nSPS) is 12.3. The lowest BCUT2D eigenvalue weighted by Gasteiger charge is -2.35. The molecule has 0 aliphatic rings. The van der Waals surface area contributed by atoms with Crippen LogP contribution in [0.15, 0.2) is 91.0 Å². The first-order valence-electron chi connectivity index (χ1n) is 14.4. The van der Waals surface area contributed by atoms with Crippen LogP contribution in [0.4, 0.5) is 0 Å². The van der Waals surface area contributed by atoms with Crippen molar-refractivity contribution in [3.05, 3.63) is 108 Å². The number of esters is 1. The fourth-order valence-electron chi connectivity index (χ4n) is 4.71. The van der Waals surface area contributed by atoms with Gasteiger partial charge in [0.2, 0.25) is 11.8 Å². The van der Waals surface area contributed by atoms with Crippen LogP contribution in [0.1, 0.15) is 69.6 Å². The van der Waals surface area contributed by atoms with Crippen LogP contribution >= 0.6 is 0 Å². The number of hydroxylamine groups is 1. The van der Waals surface area contributed by atoms with E-state index >= 15 is 0 Å². The van der Waals surface area contributed by atoms with E-state index in [2.05, 4.69) is 10.8 Å². The molecule has 1 atom stereocenters. The summed E-state index contributed by atoms with van der Waals surface area (Å²) in [5.41, 5.74) is 3.10. The molecule has 3 N–H and O–H groups in total. The molecule has 1 unspecified atom stereocenters. The average molecular weight is 575 g/mol. The second kappa shape index (κ2) is 15.8. The number of aliphatic hydroxyl groups is 1. The average Bonchev–Trinajstić information content (AvgIpc) is 2.97. The van der Waals surface area contributed by atoms with Crippen molar-refractivity contribution in [2.45, 2.75) is 64.1 Å². The fourth-order valence-corrected chi connectivity index (χ4v) is 4.71. The lowest BCUT2D eigenvalue weighted by Crippen LogP contribution is -2.42. The van der Waals surface area contributed by atoms with E-state index in [9.17, 15) is 14.4 Å². The second-order valence-electron chi connectivity index (χ2n) is 11.2. The highest BCUT2D eigenvalue weighted by Gasteiger charge is 2.39. The van der Waals surface area contributed by atoms with Crippen LogP contribution in [0.25, 0.3) is 0 Å². The van der Waals surface area contributed by atoms with E-state index in [4.69, 9.17) is 14.7 Å². The van der Waals surface area contributed by atoms with Gasteiger partial charge < -0.3 is 15.2 Å². The summed E-state index contributed by atoms with van der Waals surface area (Å²) in [7, 11) is 0. The van der Waals surface area contributed by atoms with Gasteiger partial charge in [0.1, 0.15) is 5.60 Å². The van der Waals surface area contributed by atoms with Crippen LogP contribution in [0.3, 0.4) is 0 Å². The van der Waals surface area contributed by atoms with E-state index in [1.807, 2.05) is 91.0 Å². The number of ether oxygens (including phenoxy) is 1. The quantitative estimate of drug-likeness (QED) is 0.101. The molecule has 2 amide bonds. The maximum atomic E-state index is 13.4. The van der Waals surface area contributed by atoms with Crippen molar-refractivity contribution in [2.75, 3.05) is 13.2 Å². The van der Waals surface area contributed by atoms with Crippen LogP contribution in [-0.4, -0.2) is 41.6 Å². The molecular formula is C34H42N2O6. The van der Waals surface area contributed by atoms with Gasteiger partial charge in [0.15, 0.2) is 5.60 Å². The van der Waals surface area contributed by atoms with Gasteiger partial charge in [-0.3, -0.25) is 19.2 Å². The zero-order chi connectivity index (χ0) is 30.4. The van der Waals surface area contributed by atoms with E-state index in [1.165, 1.54) is 0 Å². The number of benzene rings is 3. The Morgan fingerprint density at radius 2 is 1.24 bits per heavy atom. The van der Waals surface area contributed by atoms with Gasteiger partial charge in [-0.1, -0.05) is 91.0 Å². The summed E-state index contributed by atoms with van der Waals surface area (Å²) in [6.07, 6.45) is 1.53. The molecule has 0 radical (unpaired) electrons. The number of nitrogens with one attached hydrogen (secondary N) is 2. The molecule has 8 heteroatoms. The summed E-state index contributed by atoms with van der Waals surface area (Å²) in [6.45, 7) is 5.71. The Bertz CT molecular complexity index is 1160. The summed E-state index contributed by atoms with van der Waals surface area (Å²) < 4.78 is 5.44. The number of carbonyl (C=O) groups excluding carboxylic acids is 3. The van der Waals surface area contributed by atoms with E-state index < -0.39 is 34.9 Å². The van der Waals surface area contributed by atoms with Gasteiger partial charge in [0, 0.05) is 19.6 Å². The van der Waals surface area contributed by atoms with E-state index in [0.29, 0.717) is 19.4 Å². The Morgan fingerprint density at radius 1 is 0.738 bits per heavy atom. The summed E-state index contributed by atoms with van der Waals surface area (Å²) >= 11 is 0. The molecule has 0 saturated heterocycles. The predicted molar refractivity (Wildman–Crippen MR) is 161 cm³/mol. The fraction of sp³-hybridized carbons (Fsp3) is 0.382. The monoisotopic (exact) mass is 574 g/mol. The molecule has 0 saturated carbocycles. The molecule has 0 aromatic heterocycles. The molecule has 0 aliphatic carbocycles. The van der Waals surface area contributed by atoms with Gasteiger partial charge >= 0.3 is 5.97 Å². The molecular weight excluding hydrogens is 532 g/mol. The molecule has 0 fully saturated rings. The highest BCUT2D eigenvalue weighted by molar-refractivity contribution is 5.88. The van der Waals surface area contributed by atoms with Gasteiger partial charge in [-0.05, 0) is 56.7 Å². The Morgan fingerprint density at radius 3 is 1.69 bits per heavy atom. The molecule has 3 aromatic rings. The van der Waals surface area contributed by atoms with Crippen LogP contribution < -0.4 is 10.8 Å². The Labute approximate surface area is 248 Å². The Balaban J connectivity index is 1.85. The molecule has 42 heavy (non-hydrogen) atoms. The first-order valence-corrected chi connectivity index (χ1v) is 14.4. The molecule has 3 rings (SSSR count). The number of hydrogen-bond donors (Lipinski definition) is 3. The molecule has 0 spiro atoms. The third kappa shape index (κ3) is 9.53. The maximum Gasteiger partial charge on any atom is 0.307 e. The molecule has 3 aromatic carbocycles. The lowest BCUT2D eigenvalue weighted by atomic mass is 9.80. The number of amides is 2. The first kappa shape index (κ1) is 32.5. The largest absolute Gasteiger partial charge is 0.460 e. The number of rotatable bonds is 15.